The summed E-state index contributed by atoms with van der Waals surface area (Å²) in [5.41, 5.74) is 4.23. The van der Waals surface area contributed by atoms with E-state index in [1.54, 1.807) is 0 Å². The van der Waals surface area contributed by atoms with Crippen LogP contribution in [0.15, 0.2) is 30.3 Å². The van der Waals surface area contributed by atoms with Crippen molar-refractivity contribution in [3.8, 4) is 5.75 Å². The van der Waals surface area contributed by atoms with E-state index in [9.17, 15) is 5.11 Å². The highest BCUT2D eigenvalue weighted by molar-refractivity contribution is 6.35. The van der Waals surface area contributed by atoms with E-state index in [2.05, 4.69) is 24.0 Å². The van der Waals surface area contributed by atoms with E-state index >= 15 is 0 Å². The third-order valence-electron chi connectivity index (χ3n) is 5.57. The molecule has 1 aliphatic carbocycles. The van der Waals surface area contributed by atoms with Crippen LogP contribution in [0.5, 0.6) is 5.75 Å². The molecule has 0 bridgehead atoms. The summed E-state index contributed by atoms with van der Waals surface area (Å²) in [5.74, 6) is 0.885. The number of benzene rings is 2. The van der Waals surface area contributed by atoms with Crippen molar-refractivity contribution in [3.05, 3.63) is 62.6 Å². The van der Waals surface area contributed by atoms with E-state index in [1.165, 1.54) is 16.7 Å². The zero-order valence-electron chi connectivity index (χ0n) is 15.1. The molecule has 3 nitrogen and oxygen atoms in total. The SMILES string of the molecule is Cc1c(OCc2c(Cl)cccc2Cl)ccc2c1CC[C@@H]2N1CC(C)(O)C1. The average Bonchev–Trinajstić information content (AvgIpc) is 2.98. The van der Waals surface area contributed by atoms with E-state index in [-0.39, 0.29) is 0 Å². The highest BCUT2D eigenvalue weighted by Crippen LogP contribution is 2.43. The molecule has 1 fully saturated rings. The highest BCUT2D eigenvalue weighted by atomic mass is 35.5. The van der Waals surface area contributed by atoms with Gasteiger partial charge < -0.3 is 9.84 Å². The third kappa shape index (κ3) is 3.22. The molecule has 1 aliphatic heterocycles. The van der Waals surface area contributed by atoms with Crippen LogP contribution < -0.4 is 4.74 Å². The van der Waals surface area contributed by atoms with Crippen molar-refractivity contribution in [2.45, 2.75) is 44.9 Å². The Balaban J connectivity index is 1.52. The van der Waals surface area contributed by atoms with Gasteiger partial charge in [0.2, 0.25) is 0 Å². The number of aliphatic hydroxyl groups is 1. The number of fused-ring (bicyclic) bond motifs is 1. The number of nitrogens with zero attached hydrogens (tertiary/aromatic N) is 1. The van der Waals surface area contributed by atoms with Crippen molar-refractivity contribution in [1.29, 1.82) is 0 Å². The summed E-state index contributed by atoms with van der Waals surface area (Å²) in [5, 5.41) is 11.3. The molecule has 0 spiro atoms. The zero-order chi connectivity index (χ0) is 18.5. The molecular formula is C21H23Cl2NO2. The maximum absolute atomic E-state index is 10.0. The predicted octanol–water partition coefficient (Wildman–Crippen LogP) is 4.93. The zero-order valence-corrected chi connectivity index (χ0v) is 16.6. The first-order valence-corrected chi connectivity index (χ1v) is 9.76. The van der Waals surface area contributed by atoms with E-state index in [0.717, 1.165) is 37.2 Å². The molecule has 0 aromatic heterocycles. The molecule has 1 heterocycles. The standard InChI is InChI=1S/C21H23Cl2NO2/c1-13-14-6-8-19(24-11-21(2,25)12-24)15(14)7-9-20(13)26-10-16-17(22)4-3-5-18(16)23/h3-5,7,9,19,25H,6,8,10-12H2,1-2H3/t19-/m0/s1. The van der Waals surface area contributed by atoms with Crippen molar-refractivity contribution < 1.29 is 9.84 Å². The Morgan fingerprint density at radius 2 is 1.88 bits per heavy atom. The van der Waals surface area contributed by atoms with Gasteiger partial charge in [0.05, 0.1) is 5.60 Å². The highest BCUT2D eigenvalue weighted by Gasteiger charge is 2.42. The van der Waals surface area contributed by atoms with Crippen molar-refractivity contribution in [2.24, 2.45) is 0 Å². The van der Waals surface area contributed by atoms with Gasteiger partial charge in [-0.1, -0.05) is 35.3 Å². The van der Waals surface area contributed by atoms with Gasteiger partial charge in [0.1, 0.15) is 12.4 Å². The van der Waals surface area contributed by atoms with Gasteiger partial charge in [-0.25, -0.2) is 0 Å². The molecule has 2 aromatic carbocycles. The molecule has 138 valence electrons. The first kappa shape index (κ1) is 18.1. The van der Waals surface area contributed by atoms with E-state index < -0.39 is 5.60 Å². The van der Waals surface area contributed by atoms with Crippen LogP contribution in [-0.4, -0.2) is 28.7 Å². The molecule has 4 rings (SSSR count). The predicted molar refractivity (Wildman–Crippen MR) is 105 cm³/mol. The number of likely N-dealkylation sites (tertiary alicyclic amines) is 1. The Bertz CT molecular complexity index is 822. The minimum atomic E-state index is -0.533. The van der Waals surface area contributed by atoms with Gasteiger partial charge in [0, 0.05) is 34.7 Å². The summed E-state index contributed by atoms with van der Waals surface area (Å²) in [4.78, 5) is 2.37. The van der Waals surface area contributed by atoms with Crippen LogP contribution in [-0.2, 0) is 13.0 Å². The number of β-amino-alcohol motifs (C(OH)–C–C–N with tert-alkyl or cyclic N) is 1. The van der Waals surface area contributed by atoms with Gasteiger partial charge >= 0.3 is 0 Å². The Labute approximate surface area is 164 Å². The normalized spacial score (nSPS) is 21.3. The molecule has 26 heavy (non-hydrogen) atoms. The first-order valence-electron chi connectivity index (χ1n) is 9.00. The van der Waals surface area contributed by atoms with Crippen molar-refractivity contribution in [2.75, 3.05) is 13.1 Å². The number of halogens is 2. The summed E-state index contributed by atoms with van der Waals surface area (Å²) >= 11 is 12.5. The second kappa shape index (κ2) is 6.72. The first-order chi connectivity index (χ1) is 12.4. The lowest BCUT2D eigenvalue weighted by Crippen LogP contribution is -2.60. The van der Waals surface area contributed by atoms with Gasteiger partial charge in [-0.05, 0) is 61.6 Å². The van der Waals surface area contributed by atoms with E-state index in [4.69, 9.17) is 27.9 Å². The van der Waals surface area contributed by atoms with Crippen LogP contribution in [0.4, 0.5) is 0 Å². The smallest absolute Gasteiger partial charge is 0.123 e. The maximum atomic E-state index is 10.0. The van der Waals surface area contributed by atoms with Crippen LogP contribution in [0.3, 0.4) is 0 Å². The topological polar surface area (TPSA) is 32.7 Å². The van der Waals surface area contributed by atoms with E-state index in [1.807, 2.05) is 25.1 Å². The lowest BCUT2D eigenvalue weighted by molar-refractivity contribution is -0.103. The molecule has 0 saturated carbocycles. The molecule has 2 aromatic rings. The Morgan fingerprint density at radius 1 is 1.19 bits per heavy atom. The molecule has 0 amide bonds. The number of rotatable bonds is 4. The second-order valence-corrected chi connectivity index (χ2v) is 8.52. The molecule has 2 aliphatic rings. The molecule has 1 atom stereocenters. The maximum Gasteiger partial charge on any atom is 0.123 e. The summed E-state index contributed by atoms with van der Waals surface area (Å²) < 4.78 is 6.06. The molecule has 1 saturated heterocycles. The summed E-state index contributed by atoms with van der Waals surface area (Å²) in [6.45, 7) is 5.88. The van der Waals surface area contributed by atoms with Crippen molar-refractivity contribution >= 4 is 23.2 Å². The minimum absolute atomic E-state index is 0.358. The van der Waals surface area contributed by atoms with Crippen LogP contribution in [0.25, 0.3) is 0 Å². The Kier molecular flexibility index (Phi) is 4.68. The molecule has 1 N–H and O–H groups in total. The van der Waals surface area contributed by atoms with Gasteiger partial charge in [0.25, 0.3) is 0 Å². The molecule has 0 radical (unpaired) electrons. The third-order valence-corrected chi connectivity index (χ3v) is 6.28. The van der Waals surface area contributed by atoms with Gasteiger partial charge in [-0.2, -0.15) is 0 Å². The average molecular weight is 392 g/mol. The molecule has 5 heteroatoms. The minimum Gasteiger partial charge on any atom is -0.489 e. The largest absolute Gasteiger partial charge is 0.489 e. The van der Waals surface area contributed by atoms with E-state index in [0.29, 0.717) is 22.7 Å². The monoisotopic (exact) mass is 391 g/mol. The Morgan fingerprint density at radius 3 is 2.54 bits per heavy atom. The quantitative estimate of drug-likeness (QED) is 0.801. The molecular weight excluding hydrogens is 369 g/mol. The van der Waals surface area contributed by atoms with Crippen molar-refractivity contribution in [3.63, 3.8) is 0 Å². The van der Waals surface area contributed by atoms with Crippen LogP contribution >= 0.6 is 23.2 Å². The number of ether oxygens (including phenoxy) is 1. The Hall–Kier alpha value is -1.26. The van der Waals surface area contributed by atoms with Gasteiger partial charge in [0.15, 0.2) is 0 Å². The van der Waals surface area contributed by atoms with Crippen LogP contribution in [0.2, 0.25) is 10.0 Å². The van der Waals surface area contributed by atoms with Gasteiger partial charge in [-0.3, -0.25) is 4.90 Å². The van der Waals surface area contributed by atoms with Crippen LogP contribution in [0, 0.1) is 6.92 Å². The molecule has 0 unspecified atom stereocenters. The summed E-state index contributed by atoms with van der Waals surface area (Å²) in [6, 6.07) is 10.1. The fourth-order valence-corrected chi connectivity index (χ4v) is 4.75. The second-order valence-electron chi connectivity index (χ2n) is 7.70. The number of hydrogen-bond donors (Lipinski definition) is 1. The van der Waals surface area contributed by atoms with Gasteiger partial charge in [-0.15, -0.1) is 0 Å². The summed E-state index contributed by atoms with van der Waals surface area (Å²) in [6.07, 6.45) is 2.15. The van der Waals surface area contributed by atoms with Crippen molar-refractivity contribution in [1.82, 2.24) is 4.90 Å². The lowest BCUT2D eigenvalue weighted by Gasteiger charge is -2.47. The summed E-state index contributed by atoms with van der Waals surface area (Å²) in [7, 11) is 0. The number of hydrogen-bond acceptors (Lipinski definition) is 3. The van der Waals surface area contributed by atoms with Crippen LogP contribution in [0.1, 0.15) is 41.6 Å². The fraction of sp³-hybridized carbons (Fsp3) is 0.429. The fourth-order valence-electron chi connectivity index (χ4n) is 4.24. The lowest BCUT2D eigenvalue weighted by atomic mass is 9.92.